The summed E-state index contributed by atoms with van der Waals surface area (Å²) in [4.78, 5) is 0.0428. The predicted molar refractivity (Wildman–Crippen MR) is 67.4 cm³/mol. The van der Waals surface area contributed by atoms with E-state index in [-0.39, 0.29) is 11.4 Å². The lowest BCUT2D eigenvalue weighted by Crippen LogP contribution is -2.24. The van der Waals surface area contributed by atoms with Crippen LogP contribution in [-0.4, -0.2) is 21.6 Å². The van der Waals surface area contributed by atoms with Gasteiger partial charge in [0.2, 0.25) is 10.0 Å². The molecule has 0 heterocycles. The highest BCUT2D eigenvalue weighted by atomic mass is 32.2. The third-order valence-electron chi connectivity index (χ3n) is 1.97. The molecule has 1 rings (SSSR count). The van der Waals surface area contributed by atoms with Crippen LogP contribution in [0.15, 0.2) is 35.7 Å². The molecule has 0 unspecified atom stereocenters. The smallest absolute Gasteiger partial charge is 0.244 e. The summed E-state index contributed by atoms with van der Waals surface area (Å²) in [5.41, 5.74) is 5.95. The summed E-state index contributed by atoms with van der Waals surface area (Å²) in [7, 11) is -3.62. The lowest BCUT2D eigenvalue weighted by Gasteiger charge is -2.11. The van der Waals surface area contributed by atoms with E-state index in [0.29, 0.717) is 18.0 Å². The van der Waals surface area contributed by atoms with Gasteiger partial charge in [0.15, 0.2) is 0 Å². The Morgan fingerprint density at radius 2 is 2.24 bits per heavy atom. The van der Waals surface area contributed by atoms with E-state index in [0.717, 1.165) is 0 Å². The summed E-state index contributed by atoms with van der Waals surface area (Å²) >= 11 is 0. The molecule has 0 atom stereocenters. The lowest BCUT2D eigenvalue weighted by atomic mass is 10.3. The van der Waals surface area contributed by atoms with Crippen molar-refractivity contribution in [1.82, 2.24) is 4.72 Å². The maximum absolute atomic E-state index is 11.9. The van der Waals surface area contributed by atoms with Crippen molar-refractivity contribution in [2.24, 2.45) is 0 Å². The van der Waals surface area contributed by atoms with Gasteiger partial charge in [-0.25, -0.2) is 13.1 Å². The third-order valence-corrected chi connectivity index (χ3v) is 3.42. The second-order valence-corrected chi connectivity index (χ2v) is 5.02. The summed E-state index contributed by atoms with van der Waals surface area (Å²) in [6.07, 6.45) is 1.46. The van der Waals surface area contributed by atoms with Crippen LogP contribution in [0, 0.1) is 0 Å². The normalized spacial score (nSPS) is 11.1. The average Bonchev–Trinajstić information content (AvgIpc) is 2.29. The molecule has 1 aromatic carbocycles. The van der Waals surface area contributed by atoms with Crippen molar-refractivity contribution in [3.63, 3.8) is 0 Å². The van der Waals surface area contributed by atoms with E-state index in [2.05, 4.69) is 11.3 Å². The number of rotatable bonds is 6. The molecule has 0 fully saturated rings. The van der Waals surface area contributed by atoms with E-state index in [1.807, 2.05) is 0 Å². The summed E-state index contributed by atoms with van der Waals surface area (Å²) in [6.45, 7) is 5.77. The standard InChI is InChI=1S/C11H16N2O3S/c1-3-7-13-17(14,15)11-8-9(12)5-6-10(11)16-4-2/h3,5-6,8,13H,1,4,7,12H2,2H3. The first-order valence-electron chi connectivity index (χ1n) is 5.14. The molecule has 5 nitrogen and oxygen atoms in total. The second kappa shape index (κ2) is 5.70. The molecule has 94 valence electrons. The van der Waals surface area contributed by atoms with Gasteiger partial charge in [0.05, 0.1) is 6.61 Å². The van der Waals surface area contributed by atoms with Crippen LogP contribution in [0.2, 0.25) is 0 Å². The predicted octanol–water partition coefficient (Wildman–Crippen LogP) is 1.13. The quantitative estimate of drug-likeness (QED) is 0.590. The number of hydrogen-bond acceptors (Lipinski definition) is 4. The Morgan fingerprint density at radius 3 is 2.82 bits per heavy atom. The Balaban J connectivity index is 3.17. The number of ether oxygens (including phenoxy) is 1. The van der Waals surface area contributed by atoms with Gasteiger partial charge in [0.25, 0.3) is 0 Å². The van der Waals surface area contributed by atoms with Gasteiger partial charge in [0, 0.05) is 12.2 Å². The number of hydrogen-bond donors (Lipinski definition) is 2. The van der Waals surface area contributed by atoms with Crippen LogP contribution in [0.3, 0.4) is 0 Å². The fraction of sp³-hybridized carbons (Fsp3) is 0.273. The summed E-state index contributed by atoms with van der Waals surface area (Å²) < 4.78 is 31.5. The molecule has 0 aliphatic carbocycles. The number of anilines is 1. The molecule has 0 spiro atoms. The first-order chi connectivity index (χ1) is 8.01. The van der Waals surface area contributed by atoms with Crippen LogP contribution in [0.4, 0.5) is 5.69 Å². The van der Waals surface area contributed by atoms with Crippen LogP contribution >= 0.6 is 0 Å². The Hall–Kier alpha value is -1.53. The second-order valence-electron chi connectivity index (χ2n) is 3.28. The van der Waals surface area contributed by atoms with Crippen molar-refractivity contribution in [2.75, 3.05) is 18.9 Å². The molecule has 1 aromatic rings. The van der Waals surface area contributed by atoms with Gasteiger partial charge >= 0.3 is 0 Å². The van der Waals surface area contributed by atoms with Gasteiger partial charge in [-0.15, -0.1) is 6.58 Å². The van der Waals surface area contributed by atoms with E-state index >= 15 is 0 Å². The van der Waals surface area contributed by atoms with Crippen LogP contribution < -0.4 is 15.2 Å². The molecule has 0 bridgehead atoms. The van der Waals surface area contributed by atoms with E-state index in [9.17, 15) is 8.42 Å². The van der Waals surface area contributed by atoms with Crippen LogP contribution in [0.5, 0.6) is 5.75 Å². The van der Waals surface area contributed by atoms with Gasteiger partial charge < -0.3 is 10.5 Å². The molecule has 0 amide bonds. The average molecular weight is 256 g/mol. The summed E-state index contributed by atoms with van der Waals surface area (Å²) in [5.74, 6) is 0.290. The zero-order chi connectivity index (χ0) is 12.9. The number of nitrogens with one attached hydrogen (secondary N) is 1. The highest BCUT2D eigenvalue weighted by Gasteiger charge is 2.19. The molecular formula is C11H16N2O3S. The molecule has 0 aliphatic rings. The van der Waals surface area contributed by atoms with Crippen LogP contribution in [0.1, 0.15) is 6.92 Å². The first kappa shape index (κ1) is 13.5. The van der Waals surface area contributed by atoms with Gasteiger partial charge in [-0.3, -0.25) is 0 Å². The summed E-state index contributed by atoms with van der Waals surface area (Å²) in [6, 6.07) is 4.51. The molecular weight excluding hydrogens is 240 g/mol. The Morgan fingerprint density at radius 1 is 1.53 bits per heavy atom. The third kappa shape index (κ3) is 3.47. The van der Waals surface area contributed by atoms with Crippen LogP contribution in [-0.2, 0) is 10.0 Å². The minimum Gasteiger partial charge on any atom is -0.492 e. The molecule has 0 aliphatic heterocycles. The molecule has 0 saturated carbocycles. The number of nitrogens with two attached hydrogens (primary N) is 1. The van der Waals surface area contributed by atoms with Crippen molar-refractivity contribution in [3.05, 3.63) is 30.9 Å². The van der Waals surface area contributed by atoms with Gasteiger partial charge in [-0.2, -0.15) is 0 Å². The first-order valence-corrected chi connectivity index (χ1v) is 6.62. The Bertz CT molecular complexity index is 497. The van der Waals surface area contributed by atoms with E-state index in [1.165, 1.54) is 12.1 Å². The van der Waals surface area contributed by atoms with Gasteiger partial charge in [-0.1, -0.05) is 6.08 Å². The highest BCUT2D eigenvalue weighted by molar-refractivity contribution is 7.89. The maximum atomic E-state index is 11.9. The fourth-order valence-corrected chi connectivity index (χ4v) is 2.43. The van der Waals surface area contributed by atoms with Crippen molar-refractivity contribution in [3.8, 4) is 5.75 Å². The molecule has 0 saturated heterocycles. The molecule has 17 heavy (non-hydrogen) atoms. The Labute approximate surface area is 101 Å². The van der Waals surface area contributed by atoms with Crippen LogP contribution in [0.25, 0.3) is 0 Å². The fourth-order valence-electron chi connectivity index (χ4n) is 1.26. The number of nitrogen functional groups attached to an aromatic ring is 1. The van der Waals surface area contributed by atoms with E-state index < -0.39 is 10.0 Å². The number of sulfonamides is 1. The minimum absolute atomic E-state index is 0.0428. The highest BCUT2D eigenvalue weighted by Crippen LogP contribution is 2.25. The molecule has 3 N–H and O–H groups in total. The molecule has 0 radical (unpaired) electrons. The van der Waals surface area contributed by atoms with Gasteiger partial charge in [0.1, 0.15) is 10.6 Å². The van der Waals surface area contributed by atoms with E-state index in [4.69, 9.17) is 10.5 Å². The topological polar surface area (TPSA) is 81.4 Å². The SMILES string of the molecule is C=CCNS(=O)(=O)c1cc(N)ccc1OCC. The Kier molecular flexibility index (Phi) is 4.53. The molecule has 0 aromatic heterocycles. The zero-order valence-corrected chi connectivity index (χ0v) is 10.5. The number of benzene rings is 1. The summed E-state index contributed by atoms with van der Waals surface area (Å²) in [5, 5.41) is 0. The van der Waals surface area contributed by atoms with Gasteiger partial charge in [-0.05, 0) is 25.1 Å². The molecule has 6 heteroatoms. The van der Waals surface area contributed by atoms with Crippen molar-refractivity contribution in [1.29, 1.82) is 0 Å². The minimum atomic E-state index is -3.62. The lowest BCUT2D eigenvalue weighted by molar-refractivity contribution is 0.331. The monoisotopic (exact) mass is 256 g/mol. The van der Waals surface area contributed by atoms with Crippen molar-refractivity contribution in [2.45, 2.75) is 11.8 Å². The van der Waals surface area contributed by atoms with Crippen molar-refractivity contribution >= 4 is 15.7 Å². The van der Waals surface area contributed by atoms with Crippen molar-refractivity contribution < 1.29 is 13.2 Å². The largest absolute Gasteiger partial charge is 0.492 e. The maximum Gasteiger partial charge on any atom is 0.244 e. The zero-order valence-electron chi connectivity index (χ0n) is 9.64. The van der Waals surface area contributed by atoms with E-state index in [1.54, 1.807) is 19.1 Å².